The third kappa shape index (κ3) is 5.57. The second-order valence-electron chi connectivity index (χ2n) is 7.11. The van der Waals surface area contributed by atoms with E-state index in [2.05, 4.69) is 15.5 Å². The lowest BCUT2D eigenvalue weighted by molar-refractivity contribution is -0.112. The van der Waals surface area contributed by atoms with Crippen molar-refractivity contribution in [1.29, 1.82) is 5.26 Å². The molecule has 0 fully saturated rings. The molecule has 0 unspecified atom stereocenters. The number of nitriles is 1. The lowest BCUT2D eigenvalue weighted by atomic mass is 10.1. The third-order valence-corrected chi connectivity index (χ3v) is 6.64. The Kier molecular flexibility index (Phi) is 7.02. The van der Waals surface area contributed by atoms with Gasteiger partial charge in [-0.15, -0.1) is 10.2 Å². The first-order valence-corrected chi connectivity index (χ1v) is 11.8. The van der Waals surface area contributed by atoms with Crippen LogP contribution < -0.4 is 9.50 Å². The molecule has 0 radical (unpaired) electrons. The minimum absolute atomic E-state index is 0.00245. The molecule has 8 nitrogen and oxygen atoms in total. The average molecular weight is 469 g/mol. The fourth-order valence-corrected chi connectivity index (χ4v) is 4.23. The molecule has 0 spiro atoms. The SMILES string of the molecule is Cc1ccc(S(=O)(=O)Oc2ccccc2C=C(C#N)C(=O)Nc2nnc(C(C)C)s2)cc1. The highest BCUT2D eigenvalue weighted by Crippen LogP contribution is 2.26. The number of aryl methyl sites for hydroxylation is 1. The van der Waals surface area contributed by atoms with E-state index in [0.717, 1.165) is 10.6 Å². The number of aromatic nitrogens is 2. The fraction of sp³-hybridized carbons (Fsp3) is 0.182. The van der Waals surface area contributed by atoms with Crippen molar-refractivity contribution in [3.63, 3.8) is 0 Å². The molecular weight excluding hydrogens is 448 g/mol. The zero-order valence-corrected chi connectivity index (χ0v) is 19.2. The summed E-state index contributed by atoms with van der Waals surface area (Å²) in [4.78, 5) is 12.6. The summed E-state index contributed by atoms with van der Waals surface area (Å²) in [5.74, 6) is -0.537. The van der Waals surface area contributed by atoms with Crippen LogP contribution in [-0.4, -0.2) is 24.5 Å². The van der Waals surface area contributed by atoms with Gasteiger partial charge in [0, 0.05) is 11.5 Å². The maximum atomic E-state index is 12.7. The van der Waals surface area contributed by atoms with Crippen LogP contribution in [0, 0.1) is 18.3 Å². The first kappa shape index (κ1) is 23.1. The predicted octanol–water partition coefficient (Wildman–Crippen LogP) is 4.28. The maximum absolute atomic E-state index is 12.7. The van der Waals surface area contributed by atoms with E-state index in [1.807, 2.05) is 26.8 Å². The Balaban J connectivity index is 1.86. The summed E-state index contributed by atoms with van der Waals surface area (Å²) in [5.41, 5.74) is 0.929. The highest BCUT2D eigenvalue weighted by molar-refractivity contribution is 7.87. The van der Waals surface area contributed by atoms with E-state index in [-0.39, 0.29) is 32.8 Å². The van der Waals surface area contributed by atoms with Gasteiger partial charge in [-0.2, -0.15) is 13.7 Å². The number of hydrogen-bond acceptors (Lipinski definition) is 8. The van der Waals surface area contributed by atoms with E-state index < -0.39 is 16.0 Å². The molecule has 0 atom stereocenters. The fourth-order valence-electron chi connectivity index (χ4n) is 2.53. The number of nitrogens with one attached hydrogen (secondary N) is 1. The molecule has 1 aromatic heterocycles. The van der Waals surface area contributed by atoms with Crippen molar-refractivity contribution in [2.45, 2.75) is 31.6 Å². The number of para-hydroxylation sites is 1. The molecule has 1 amide bonds. The molecule has 0 saturated carbocycles. The first-order valence-electron chi connectivity index (χ1n) is 9.56. The summed E-state index contributed by atoms with van der Waals surface area (Å²) in [7, 11) is -4.10. The molecule has 164 valence electrons. The third-order valence-electron chi connectivity index (χ3n) is 4.25. The monoisotopic (exact) mass is 468 g/mol. The summed E-state index contributed by atoms with van der Waals surface area (Å²) < 4.78 is 30.6. The van der Waals surface area contributed by atoms with Crippen molar-refractivity contribution in [2.24, 2.45) is 0 Å². The van der Waals surface area contributed by atoms with Crippen molar-refractivity contribution in [1.82, 2.24) is 10.2 Å². The Hall–Kier alpha value is -3.55. The Morgan fingerprint density at radius 1 is 1.16 bits per heavy atom. The molecule has 2 aromatic carbocycles. The molecular formula is C22H20N4O4S2. The number of rotatable bonds is 7. The van der Waals surface area contributed by atoms with Crippen molar-refractivity contribution in [2.75, 3.05) is 5.32 Å². The van der Waals surface area contributed by atoms with Crippen molar-refractivity contribution in [3.8, 4) is 11.8 Å². The summed E-state index contributed by atoms with van der Waals surface area (Å²) in [6, 6.07) is 14.3. The molecule has 1 heterocycles. The number of nitrogens with zero attached hydrogens (tertiary/aromatic N) is 3. The van der Waals surface area contributed by atoms with Crippen LogP contribution in [0.1, 0.15) is 35.9 Å². The van der Waals surface area contributed by atoms with Crippen LogP contribution in [0.5, 0.6) is 5.75 Å². The van der Waals surface area contributed by atoms with Crippen molar-refractivity contribution in [3.05, 3.63) is 70.2 Å². The maximum Gasteiger partial charge on any atom is 0.339 e. The molecule has 3 aromatic rings. The van der Waals surface area contributed by atoms with Gasteiger partial charge >= 0.3 is 10.1 Å². The highest BCUT2D eigenvalue weighted by Gasteiger charge is 2.19. The molecule has 0 saturated heterocycles. The van der Waals surface area contributed by atoms with Gasteiger partial charge in [-0.3, -0.25) is 10.1 Å². The molecule has 3 rings (SSSR count). The number of carbonyl (C=O) groups is 1. The average Bonchev–Trinajstić information content (AvgIpc) is 3.22. The van der Waals surface area contributed by atoms with E-state index in [4.69, 9.17) is 4.18 Å². The van der Waals surface area contributed by atoms with Crippen LogP contribution in [0.3, 0.4) is 0 Å². The number of hydrogen-bond donors (Lipinski definition) is 1. The number of amides is 1. The normalized spacial score (nSPS) is 11.8. The van der Waals surface area contributed by atoms with Crippen molar-refractivity contribution >= 4 is 38.6 Å². The predicted molar refractivity (Wildman–Crippen MR) is 122 cm³/mol. The smallest absolute Gasteiger partial charge is 0.339 e. The van der Waals surface area contributed by atoms with Gasteiger partial charge in [0.2, 0.25) is 5.13 Å². The lowest BCUT2D eigenvalue weighted by Gasteiger charge is -2.10. The van der Waals surface area contributed by atoms with Crippen LogP contribution in [0.15, 0.2) is 59.0 Å². The summed E-state index contributed by atoms with van der Waals surface area (Å²) >= 11 is 1.22. The summed E-state index contributed by atoms with van der Waals surface area (Å²) in [6.07, 6.45) is 1.26. The van der Waals surface area contributed by atoms with E-state index >= 15 is 0 Å². The lowest BCUT2D eigenvalue weighted by Crippen LogP contribution is -2.13. The van der Waals surface area contributed by atoms with Crippen LogP contribution >= 0.6 is 11.3 Å². The number of benzene rings is 2. The van der Waals surface area contributed by atoms with Crippen molar-refractivity contribution < 1.29 is 17.4 Å². The largest absolute Gasteiger partial charge is 0.378 e. The number of anilines is 1. The molecule has 32 heavy (non-hydrogen) atoms. The second-order valence-corrected chi connectivity index (χ2v) is 9.67. The Labute approximate surface area is 190 Å². The second kappa shape index (κ2) is 9.72. The van der Waals surface area contributed by atoms with Gasteiger partial charge in [0.15, 0.2) is 0 Å². The van der Waals surface area contributed by atoms with Gasteiger partial charge in [-0.05, 0) is 31.2 Å². The van der Waals surface area contributed by atoms with Gasteiger partial charge in [-0.25, -0.2) is 0 Å². The van der Waals surface area contributed by atoms with Gasteiger partial charge in [0.25, 0.3) is 5.91 Å². The van der Waals surface area contributed by atoms with E-state index in [1.165, 1.54) is 35.6 Å². The summed E-state index contributed by atoms with van der Waals surface area (Å²) in [5, 5.41) is 20.9. The van der Waals surface area contributed by atoms with Crippen LogP contribution in [-0.2, 0) is 14.9 Å². The van der Waals surface area contributed by atoms with Gasteiger partial charge in [-0.1, -0.05) is 61.1 Å². The zero-order valence-electron chi connectivity index (χ0n) is 17.6. The number of carbonyl (C=O) groups excluding carboxylic acids is 1. The summed E-state index contributed by atoms with van der Waals surface area (Å²) in [6.45, 7) is 5.75. The molecule has 0 aliphatic rings. The molecule has 0 aliphatic carbocycles. The Morgan fingerprint density at radius 2 is 1.84 bits per heavy atom. The van der Waals surface area contributed by atoms with Crippen LogP contribution in [0.25, 0.3) is 6.08 Å². The first-order chi connectivity index (χ1) is 15.2. The van der Waals surface area contributed by atoms with Gasteiger partial charge < -0.3 is 4.18 Å². The van der Waals surface area contributed by atoms with Crippen LogP contribution in [0.2, 0.25) is 0 Å². The minimum atomic E-state index is -4.10. The Morgan fingerprint density at radius 3 is 2.47 bits per heavy atom. The molecule has 0 aliphatic heterocycles. The molecule has 10 heteroatoms. The highest BCUT2D eigenvalue weighted by atomic mass is 32.2. The van der Waals surface area contributed by atoms with Gasteiger partial charge in [0.1, 0.15) is 27.3 Å². The van der Waals surface area contributed by atoms with Gasteiger partial charge in [0.05, 0.1) is 0 Å². The topological polar surface area (TPSA) is 122 Å². The Bertz CT molecular complexity index is 1300. The minimum Gasteiger partial charge on any atom is -0.378 e. The zero-order chi connectivity index (χ0) is 23.3. The molecule has 1 N–H and O–H groups in total. The standard InChI is InChI=1S/C22H20N4O4S2/c1-14(2)21-25-26-22(31-21)24-20(27)17(13-23)12-16-6-4-5-7-19(16)30-32(28,29)18-10-8-15(3)9-11-18/h4-12,14H,1-3H3,(H,24,26,27). The van der Waals surface area contributed by atoms with E-state index in [0.29, 0.717) is 0 Å². The molecule has 0 bridgehead atoms. The van der Waals surface area contributed by atoms with E-state index in [9.17, 15) is 18.5 Å². The quantitative estimate of drug-likeness (QED) is 0.312. The van der Waals surface area contributed by atoms with E-state index in [1.54, 1.807) is 30.3 Å². The van der Waals surface area contributed by atoms with Crippen LogP contribution in [0.4, 0.5) is 5.13 Å².